The lowest BCUT2D eigenvalue weighted by molar-refractivity contribution is -0.113. The van der Waals surface area contributed by atoms with Crippen LogP contribution in [-0.2, 0) is 10.5 Å². The van der Waals surface area contributed by atoms with Crippen LogP contribution in [0.5, 0.6) is 0 Å². The minimum Gasteiger partial charge on any atom is -0.325 e. The molecular formula is C16H16INOS. The van der Waals surface area contributed by atoms with E-state index in [0.717, 1.165) is 15.0 Å². The molecule has 0 bridgehead atoms. The first kappa shape index (κ1) is 15.4. The molecule has 0 aliphatic carbocycles. The third-order valence-electron chi connectivity index (χ3n) is 2.80. The highest BCUT2D eigenvalue weighted by molar-refractivity contribution is 14.1. The number of thioether (sulfide) groups is 1. The Morgan fingerprint density at radius 1 is 1.20 bits per heavy atom. The average Bonchev–Trinajstić information content (AvgIpc) is 2.44. The molecule has 0 saturated carbocycles. The van der Waals surface area contributed by atoms with Gasteiger partial charge in [0, 0.05) is 15.0 Å². The van der Waals surface area contributed by atoms with Crippen LogP contribution < -0.4 is 5.32 Å². The van der Waals surface area contributed by atoms with Crippen LogP contribution in [0.4, 0.5) is 5.69 Å². The summed E-state index contributed by atoms with van der Waals surface area (Å²) < 4.78 is 1.16. The molecule has 0 saturated heterocycles. The SMILES string of the molecule is Cc1ccc(NC(=O)CSCc2ccccc2)cc1I. The number of benzene rings is 2. The van der Waals surface area contributed by atoms with Gasteiger partial charge in [0.05, 0.1) is 5.75 Å². The van der Waals surface area contributed by atoms with Gasteiger partial charge in [-0.2, -0.15) is 0 Å². The van der Waals surface area contributed by atoms with Crippen LogP contribution >= 0.6 is 34.4 Å². The molecule has 0 aromatic heterocycles. The summed E-state index contributed by atoms with van der Waals surface area (Å²) in [5.41, 5.74) is 3.34. The third-order valence-corrected chi connectivity index (χ3v) is 4.97. The van der Waals surface area contributed by atoms with Gasteiger partial charge >= 0.3 is 0 Å². The van der Waals surface area contributed by atoms with Gasteiger partial charge in [-0.05, 0) is 52.8 Å². The van der Waals surface area contributed by atoms with E-state index in [0.29, 0.717) is 5.75 Å². The molecule has 0 fully saturated rings. The first-order chi connectivity index (χ1) is 9.65. The molecule has 2 rings (SSSR count). The standard InChI is InChI=1S/C16H16INOS/c1-12-7-8-14(9-15(12)17)18-16(19)11-20-10-13-5-3-2-4-6-13/h2-9H,10-11H2,1H3,(H,18,19). The summed E-state index contributed by atoms with van der Waals surface area (Å²) in [6.07, 6.45) is 0. The molecule has 2 aromatic rings. The summed E-state index contributed by atoms with van der Waals surface area (Å²) in [5.74, 6) is 1.38. The number of nitrogens with one attached hydrogen (secondary N) is 1. The van der Waals surface area contributed by atoms with Gasteiger partial charge in [-0.1, -0.05) is 36.4 Å². The van der Waals surface area contributed by atoms with Crippen molar-refractivity contribution in [2.75, 3.05) is 11.1 Å². The van der Waals surface area contributed by atoms with E-state index in [1.54, 1.807) is 11.8 Å². The zero-order valence-corrected chi connectivity index (χ0v) is 14.2. The lowest BCUT2D eigenvalue weighted by atomic mass is 10.2. The van der Waals surface area contributed by atoms with Crippen molar-refractivity contribution in [3.63, 3.8) is 0 Å². The predicted octanol–water partition coefficient (Wildman–Crippen LogP) is 4.47. The average molecular weight is 397 g/mol. The summed E-state index contributed by atoms with van der Waals surface area (Å²) in [6, 6.07) is 16.1. The molecule has 0 heterocycles. The Labute approximate surface area is 137 Å². The van der Waals surface area contributed by atoms with Crippen molar-refractivity contribution in [1.82, 2.24) is 0 Å². The molecule has 1 amide bonds. The van der Waals surface area contributed by atoms with Gasteiger partial charge in [0.1, 0.15) is 0 Å². The van der Waals surface area contributed by atoms with Crippen molar-refractivity contribution in [1.29, 1.82) is 0 Å². The van der Waals surface area contributed by atoms with Crippen molar-refractivity contribution in [3.05, 3.63) is 63.2 Å². The van der Waals surface area contributed by atoms with Crippen LogP contribution in [0.25, 0.3) is 0 Å². The fourth-order valence-electron chi connectivity index (χ4n) is 1.70. The highest BCUT2D eigenvalue weighted by Gasteiger charge is 2.04. The highest BCUT2D eigenvalue weighted by atomic mass is 127. The number of halogens is 1. The summed E-state index contributed by atoms with van der Waals surface area (Å²) in [7, 11) is 0. The number of rotatable bonds is 5. The van der Waals surface area contributed by atoms with Crippen molar-refractivity contribution in [3.8, 4) is 0 Å². The lowest BCUT2D eigenvalue weighted by Crippen LogP contribution is -2.14. The molecule has 0 radical (unpaired) electrons. The number of aryl methyl sites for hydroxylation is 1. The van der Waals surface area contributed by atoms with Gasteiger partial charge in [0.15, 0.2) is 0 Å². The first-order valence-electron chi connectivity index (χ1n) is 6.33. The van der Waals surface area contributed by atoms with Gasteiger partial charge in [0.2, 0.25) is 5.91 Å². The Bertz CT molecular complexity index is 586. The van der Waals surface area contributed by atoms with Gasteiger partial charge in [-0.25, -0.2) is 0 Å². The second-order valence-electron chi connectivity index (χ2n) is 4.49. The van der Waals surface area contributed by atoms with Gasteiger partial charge in [-0.15, -0.1) is 11.8 Å². The number of carbonyl (C=O) groups is 1. The Balaban J connectivity index is 1.79. The lowest BCUT2D eigenvalue weighted by Gasteiger charge is -2.07. The van der Waals surface area contributed by atoms with Crippen LogP contribution in [0.3, 0.4) is 0 Å². The fourth-order valence-corrected chi connectivity index (χ4v) is 3.01. The Kier molecular flexibility index (Phi) is 5.91. The minimum atomic E-state index is 0.0468. The summed E-state index contributed by atoms with van der Waals surface area (Å²) >= 11 is 3.90. The fraction of sp³-hybridized carbons (Fsp3) is 0.188. The number of carbonyl (C=O) groups excluding carboxylic acids is 1. The Morgan fingerprint density at radius 3 is 2.65 bits per heavy atom. The number of hydrogen-bond donors (Lipinski definition) is 1. The second kappa shape index (κ2) is 7.69. The van der Waals surface area contributed by atoms with E-state index in [2.05, 4.69) is 47.0 Å². The van der Waals surface area contributed by atoms with Crippen LogP contribution in [0, 0.1) is 10.5 Å². The minimum absolute atomic E-state index is 0.0468. The van der Waals surface area contributed by atoms with E-state index in [1.807, 2.05) is 36.4 Å². The van der Waals surface area contributed by atoms with Crippen LogP contribution in [-0.4, -0.2) is 11.7 Å². The zero-order valence-electron chi connectivity index (χ0n) is 11.2. The van der Waals surface area contributed by atoms with Crippen molar-refractivity contribution < 1.29 is 4.79 Å². The van der Waals surface area contributed by atoms with Gasteiger partial charge in [0.25, 0.3) is 0 Å². The molecular weight excluding hydrogens is 381 g/mol. The maximum absolute atomic E-state index is 11.9. The Hall–Kier alpha value is -1.01. The molecule has 1 N–H and O–H groups in total. The van der Waals surface area contributed by atoms with Crippen LogP contribution in [0.1, 0.15) is 11.1 Å². The van der Waals surface area contributed by atoms with E-state index in [1.165, 1.54) is 11.1 Å². The van der Waals surface area contributed by atoms with Crippen LogP contribution in [0.15, 0.2) is 48.5 Å². The topological polar surface area (TPSA) is 29.1 Å². The van der Waals surface area contributed by atoms with Crippen LogP contribution in [0.2, 0.25) is 0 Å². The van der Waals surface area contributed by atoms with Crippen molar-refractivity contribution >= 4 is 45.9 Å². The molecule has 0 atom stereocenters. The highest BCUT2D eigenvalue weighted by Crippen LogP contribution is 2.18. The van der Waals surface area contributed by atoms with E-state index in [9.17, 15) is 4.79 Å². The quantitative estimate of drug-likeness (QED) is 0.755. The number of amides is 1. The van der Waals surface area contributed by atoms with E-state index in [4.69, 9.17) is 0 Å². The number of anilines is 1. The molecule has 0 unspecified atom stereocenters. The Morgan fingerprint density at radius 2 is 1.95 bits per heavy atom. The zero-order chi connectivity index (χ0) is 14.4. The summed E-state index contributed by atoms with van der Waals surface area (Å²) in [6.45, 7) is 2.06. The predicted molar refractivity (Wildman–Crippen MR) is 95.1 cm³/mol. The molecule has 2 nitrogen and oxygen atoms in total. The molecule has 0 spiro atoms. The molecule has 0 aliphatic rings. The van der Waals surface area contributed by atoms with Crippen molar-refractivity contribution in [2.45, 2.75) is 12.7 Å². The maximum Gasteiger partial charge on any atom is 0.234 e. The molecule has 0 aliphatic heterocycles. The van der Waals surface area contributed by atoms with E-state index >= 15 is 0 Å². The smallest absolute Gasteiger partial charge is 0.234 e. The molecule has 4 heteroatoms. The molecule has 104 valence electrons. The van der Waals surface area contributed by atoms with Gasteiger partial charge in [-0.3, -0.25) is 4.79 Å². The largest absolute Gasteiger partial charge is 0.325 e. The van der Waals surface area contributed by atoms with Crippen molar-refractivity contribution in [2.24, 2.45) is 0 Å². The second-order valence-corrected chi connectivity index (χ2v) is 6.64. The summed E-state index contributed by atoms with van der Waals surface area (Å²) in [4.78, 5) is 11.9. The molecule has 20 heavy (non-hydrogen) atoms. The van der Waals surface area contributed by atoms with Gasteiger partial charge < -0.3 is 5.32 Å². The maximum atomic E-state index is 11.9. The third kappa shape index (κ3) is 4.83. The first-order valence-corrected chi connectivity index (χ1v) is 8.56. The monoisotopic (exact) mass is 397 g/mol. The molecule has 2 aromatic carbocycles. The normalized spacial score (nSPS) is 10.3. The number of hydrogen-bond acceptors (Lipinski definition) is 2. The summed E-state index contributed by atoms with van der Waals surface area (Å²) in [5, 5.41) is 2.93. The van der Waals surface area contributed by atoms with E-state index in [-0.39, 0.29) is 5.91 Å². The van der Waals surface area contributed by atoms with E-state index < -0.39 is 0 Å².